The Hall–Kier alpha value is -4.19. The highest BCUT2D eigenvalue weighted by molar-refractivity contribution is 5.71. The molecule has 0 heterocycles. The Morgan fingerprint density at radius 2 is 0.512 bits per heavy atom. The molecule has 0 aromatic heterocycles. The molecule has 0 saturated heterocycles. The second-order valence-electron chi connectivity index (χ2n) is 22.0. The van der Waals surface area contributed by atoms with E-state index in [-0.39, 0.29) is 44.0 Å². The summed E-state index contributed by atoms with van der Waals surface area (Å²) in [5, 5.41) is 0. The van der Waals surface area contributed by atoms with Crippen molar-refractivity contribution in [3.8, 4) is 0 Å². The number of carbonyl (C=O) groups is 3. The molecule has 1 atom stereocenters. The van der Waals surface area contributed by atoms with E-state index >= 15 is 0 Å². The van der Waals surface area contributed by atoms with Crippen LogP contribution >= 0.6 is 0 Å². The molecule has 0 bridgehead atoms. The third-order valence-electron chi connectivity index (χ3n) is 14.2. The van der Waals surface area contributed by atoms with Gasteiger partial charge in [-0.25, -0.2) is 0 Å². The molecular weight excluding hydrogens is 985 g/mol. The quantitative estimate of drug-likeness (QED) is 0.0261. The summed E-state index contributed by atoms with van der Waals surface area (Å²) in [5.41, 5.74) is 0. The van der Waals surface area contributed by atoms with Crippen LogP contribution in [0, 0.1) is 0 Å². The van der Waals surface area contributed by atoms with Crippen molar-refractivity contribution in [2.45, 2.75) is 316 Å². The standard InChI is InChI=1S/C74H124O6/c1-4-7-10-13-16-19-22-25-27-29-31-33-35-36-37-39-40-42-44-46-49-52-55-58-61-64-67-73(76)79-70-71(69-78-72(75)66-63-60-57-54-51-48-24-21-18-15-12-9-6-3)80-74(77)68-65-62-59-56-53-50-47-45-43-41-38-34-32-30-28-26-23-20-17-14-11-8-5-2/h8-9,11-12,17-18,20-21,26,28,32,34,41,43,47-48,50-51,57,60,71H,4-7,10,13-16,19,22-25,27,29-31,33,35-40,42,44-46,49,52-56,58-59,61-70H2,1-3H3/b11-8-,12-9-,20-17-,21-18-,28-26-,34-32-,43-41-,50-47-,51-48-,60-57-. The summed E-state index contributed by atoms with van der Waals surface area (Å²) in [6, 6.07) is 0. The molecule has 0 aromatic carbocycles. The van der Waals surface area contributed by atoms with Crippen molar-refractivity contribution in [1.29, 1.82) is 0 Å². The van der Waals surface area contributed by atoms with Gasteiger partial charge in [0.15, 0.2) is 6.10 Å². The van der Waals surface area contributed by atoms with Gasteiger partial charge in [0.2, 0.25) is 0 Å². The van der Waals surface area contributed by atoms with Crippen molar-refractivity contribution in [1.82, 2.24) is 0 Å². The highest BCUT2D eigenvalue weighted by Crippen LogP contribution is 2.17. The summed E-state index contributed by atoms with van der Waals surface area (Å²) < 4.78 is 16.8. The van der Waals surface area contributed by atoms with Gasteiger partial charge < -0.3 is 14.2 Å². The Bertz CT molecular complexity index is 1650. The Labute approximate surface area is 494 Å². The maximum Gasteiger partial charge on any atom is 0.306 e. The van der Waals surface area contributed by atoms with Crippen LogP contribution in [0.3, 0.4) is 0 Å². The SMILES string of the molecule is CC/C=C\C/C=C\C/C=C\C/C=C\C/C=C\C/C=C\CCCCCCC(=O)OC(COC(=O)CC/C=C\C/C=C\C/C=C\C/C=C\CC)COC(=O)CCCCCCCCCCCCCCCCCCCCCCCCCCCC. The molecule has 456 valence electrons. The van der Waals surface area contributed by atoms with Crippen molar-refractivity contribution in [2.24, 2.45) is 0 Å². The summed E-state index contributed by atoms with van der Waals surface area (Å²) in [6.45, 7) is 6.35. The second-order valence-corrected chi connectivity index (χ2v) is 22.0. The summed E-state index contributed by atoms with van der Waals surface area (Å²) in [6.07, 6.45) is 93.9. The summed E-state index contributed by atoms with van der Waals surface area (Å²) in [7, 11) is 0. The lowest BCUT2D eigenvalue weighted by Crippen LogP contribution is -2.30. The van der Waals surface area contributed by atoms with E-state index in [2.05, 4.69) is 136 Å². The van der Waals surface area contributed by atoms with Gasteiger partial charge in [0.25, 0.3) is 0 Å². The smallest absolute Gasteiger partial charge is 0.306 e. The minimum Gasteiger partial charge on any atom is -0.462 e. The van der Waals surface area contributed by atoms with Gasteiger partial charge in [0, 0.05) is 19.3 Å². The van der Waals surface area contributed by atoms with Crippen molar-refractivity contribution in [2.75, 3.05) is 13.2 Å². The monoisotopic (exact) mass is 1110 g/mol. The molecule has 0 radical (unpaired) electrons. The molecule has 0 amide bonds. The molecule has 80 heavy (non-hydrogen) atoms. The predicted molar refractivity (Wildman–Crippen MR) is 348 cm³/mol. The van der Waals surface area contributed by atoms with Gasteiger partial charge in [0.05, 0.1) is 0 Å². The molecule has 0 rings (SSSR count). The number of carbonyl (C=O) groups excluding carboxylic acids is 3. The second kappa shape index (κ2) is 67.3. The first-order valence-corrected chi connectivity index (χ1v) is 33.5. The average molecular weight is 1110 g/mol. The van der Waals surface area contributed by atoms with E-state index in [0.29, 0.717) is 12.8 Å². The molecule has 0 aliphatic carbocycles. The van der Waals surface area contributed by atoms with Crippen molar-refractivity contribution in [3.05, 3.63) is 122 Å². The number of rotatable bonds is 60. The Morgan fingerprint density at radius 1 is 0.263 bits per heavy atom. The molecule has 6 heteroatoms. The third kappa shape index (κ3) is 64.6. The predicted octanol–water partition coefficient (Wildman–Crippen LogP) is 23.2. The van der Waals surface area contributed by atoms with Gasteiger partial charge >= 0.3 is 17.9 Å². The van der Waals surface area contributed by atoms with E-state index in [9.17, 15) is 14.4 Å². The molecule has 0 aromatic rings. The maximum absolute atomic E-state index is 12.9. The zero-order valence-electron chi connectivity index (χ0n) is 52.3. The Morgan fingerprint density at radius 3 is 0.838 bits per heavy atom. The summed E-state index contributed by atoms with van der Waals surface area (Å²) >= 11 is 0. The van der Waals surface area contributed by atoms with E-state index in [1.807, 2.05) is 6.08 Å². The molecule has 0 N–H and O–H groups in total. The third-order valence-corrected chi connectivity index (χ3v) is 14.2. The minimum atomic E-state index is -0.824. The lowest BCUT2D eigenvalue weighted by atomic mass is 10.0. The van der Waals surface area contributed by atoms with Crippen LogP contribution in [0.1, 0.15) is 310 Å². The number of ether oxygens (including phenoxy) is 3. The number of esters is 3. The average Bonchev–Trinajstić information content (AvgIpc) is 3.46. The normalized spacial score (nSPS) is 12.9. The van der Waals surface area contributed by atoms with Crippen LogP contribution in [-0.2, 0) is 28.6 Å². The first kappa shape index (κ1) is 75.8. The summed E-state index contributed by atoms with van der Waals surface area (Å²) in [4.78, 5) is 38.3. The fourth-order valence-corrected chi connectivity index (χ4v) is 9.29. The molecule has 1 unspecified atom stereocenters. The van der Waals surface area contributed by atoms with Crippen LogP contribution in [0.4, 0.5) is 0 Å². The van der Waals surface area contributed by atoms with Crippen LogP contribution < -0.4 is 0 Å². The fourth-order valence-electron chi connectivity index (χ4n) is 9.29. The molecule has 0 saturated carbocycles. The van der Waals surface area contributed by atoms with E-state index in [1.54, 1.807) is 0 Å². The molecule has 0 aliphatic heterocycles. The lowest BCUT2D eigenvalue weighted by molar-refractivity contribution is -0.166. The van der Waals surface area contributed by atoms with Crippen molar-refractivity contribution >= 4 is 17.9 Å². The summed E-state index contributed by atoms with van der Waals surface area (Å²) in [5.74, 6) is -1.01. The number of hydrogen-bond acceptors (Lipinski definition) is 6. The van der Waals surface area contributed by atoms with E-state index < -0.39 is 6.10 Å². The zero-order valence-corrected chi connectivity index (χ0v) is 52.3. The zero-order chi connectivity index (χ0) is 57.8. The van der Waals surface area contributed by atoms with E-state index in [1.165, 1.54) is 148 Å². The van der Waals surface area contributed by atoms with E-state index in [4.69, 9.17) is 14.2 Å². The molecular formula is C74H124O6. The van der Waals surface area contributed by atoms with Gasteiger partial charge in [-0.05, 0) is 96.3 Å². The minimum absolute atomic E-state index is 0.111. The lowest BCUT2D eigenvalue weighted by Gasteiger charge is -2.18. The van der Waals surface area contributed by atoms with Crippen LogP contribution in [0.5, 0.6) is 0 Å². The highest BCUT2D eigenvalue weighted by atomic mass is 16.6. The van der Waals surface area contributed by atoms with Gasteiger partial charge in [-0.15, -0.1) is 0 Å². The van der Waals surface area contributed by atoms with Crippen molar-refractivity contribution < 1.29 is 28.6 Å². The van der Waals surface area contributed by atoms with Gasteiger partial charge in [-0.3, -0.25) is 14.4 Å². The maximum atomic E-state index is 12.9. The molecule has 0 aliphatic rings. The van der Waals surface area contributed by atoms with E-state index in [0.717, 1.165) is 116 Å². The topological polar surface area (TPSA) is 78.9 Å². The van der Waals surface area contributed by atoms with Gasteiger partial charge in [-0.1, -0.05) is 316 Å². The Balaban J connectivity index is 4.37. The van der Waals surface area contributed by atoms with Gasteiger partial charge in [0.1, 0.15) is 13.2 Å². The molecule has 0 spiro atoms. The van der Waals surface area contributed by atoms with Gasteiger partial charge in [-0.2, -0.15) is 0 Å². The number of allylic oxidation sites excluding steroid dienone is 20. The molecule has 6 nitrogen and oxygen atoms in total. The van der Waals surface area contributed by atoms with Crippen molar-refractivity contribution in [3.63, 3.8) is 0 Å². The van der Waals surface area contributed by atoms with Crippen LogP contribution in [0.15, 0.2) is 122 Å². The Kier molecular flexibility index (Phi) is 63.8. The van der Waals surface area contributed by atoms with Crippen LogP contribution in [-0.4, -0.2) is 37.2 Å². The first-order valence-electron chi connectivity index (χ1n) is 33.5. The van der Waals surface area contributed by atoms with Crippen LogP contribution in [0.2, 0.25) is 0 Å². The highest BCUT2D eigenvalue weighted by Gasteiger charge is 2.19. The fraction of sp³-hybridized carbons (Fsp3) is 0.689. The number of hydrogen-bond donors (Lipinski definition) is 0. The number of unbranched alkanes of at least 4 members (excludes halogenated alkanes) is 29. The first-order chi connectivity index (χ1) is 39.5. The van der Waals surface area contributed by atoms with Crippen LogP contribution in [0.25, 0.3) is 0 Å². The largest absolute Gasteiger partial charge is 0.462 e. The molecule has 0 fully saturated rings.